The predicted octanol–water partition coefficient (Wildman–Crippen LogP) is 2.84. The lowest BCUT2D eigenvalue weighted by Gasteiger charge is -2.24. The Labute approximate surface area is 124 Å². The maximum absolute atomic E-state index is 12.6. The van der Waals surface area contributed by atoms with Crippen LogP contribution in [0.2, 0.25) is 0 Å². The number of carbonyl (C=O) groups is 1. The third-order valence-electron chi connectivity index (χ3n) is 4.55. The molecule has 1 amide bonds. The Morgan fingerprint density at radius 1 is 1.24 bits per heavy atom. The molecule has 1 fully saturated rings. The first-order chi connectivity index (χ1) is 10.3. The third-order valence-corrected chi connectivity index (χ3v) is 4.55. The lowest BCUT2D eigenvalue weighted by atomic mass is 9.95. The van der Waals surface area contributed by atoms with Crippen molar-refractivity contribution in [2.75, 3.05) is 6.61 Å². The van der Waals surface area contributed by atoms with Crippen molar-refractivity contribution < 1.29 is 9.90 Å². The summed E-state index contributed by atoms with van der Waals surface area (Å²) < 4.78 is 0. The van der Waals surface area contributed by atoms with E-state index in [2.05, 4.69) is 10.3 Å². The zero-order valence-electron chi connectivity index (χ0n) is 12.1. The summed E-state index contributed by atoms with van der Waals surface area (Å²) in [5, 5.41) is 13.6. The fraction of sp³-hybridized carbons (Fsp3) is 0.471. The molecular formula is C17H22N2O2. The van der Waals surface area contributed by atoms with Gasteiger partial charge in [-0.3, -0.25) is 4.79 Å². The summed E-state index contributed by atoms with van der Waals surface area (Å²) in [6.07, 6.45) is 7.26. The number of carbonyl (C=O) groups excluding carboxylic acids is 1. The number of rotatable bonds is 3. The Morgan fingerprint density at radius 3 is 2.95 bits per heavy atom. The molecule has 1 aromatic carbocycles. The van der Waals surface area contributed by atoms with Crippen molar-refractivity contribution in [1.82, 2.24) is 10.3 Å². The van der Waals surface area contributed by atoms with E-state index in [0.717, 1.165) is 36.6 Å². The molecule has 0 radical (unpaired) electrons. The van der Waals surface area contributed by atoms with E-state index in [9.17, 15) is 9.90 Å². The normalized spacial score (nSPS) is 22.9. The van der Waals surface area contributed by atoms with Gasteiger partial charge in [-0.05, 0) is 31.0 Å². The molecule has 2 unspecified atom stereocenters. The van der Waals surface area contributed by atoms with Crippen LogP contribution in [0, 0.1) is 5.92 Å². The van der Waals surface area contributed by atoms with Crippen LogP contribution in [0.15, 0.2) is 30.5 Å². The van der Waals surface area contributed by atoms with Crippen molar-refractivity contribution in [3.8, 4) is 0 Å². The number of benzene rings is 1. The van der Waals surface area contributed by atoms with Gasteiger partial charge in [0, 0.05) is 41.2 Å². The fourth-order valence-electron chi connectivity index (χ4n) is 3.32. The second-order valence-corrected chi connectivity index (χ2v) is 5.91. The minimum atomic E-state index is -0.0365. The van der Waals surface area contributed by atoms with Gasteiger partial charge < -0.3 is 15.4 Å². The number of aromatic amines is 1. The molecule has 0 spiro atoms. The highest BCUT2D eigenvalue weighted by Crippen LogP contribution is 2.24. The van der Waals surface area contributed by atoms with Gasteiger partial charge in [-0.2, -0.15) is 0 Å². The molecule has 1 aliphatic carbocycles. The van der Waals surface area contributed by atoms with Crippen molar-refractivity contribution >= 4 is 16.8 Å². The summed E-state index contributed by atoms with van der Waals surface area (Å²) in [6, 6.07) is 7.73. The van der Waals surface area contributed by atoms with Crippen LogP contribution >= 0.6 is 0 Å². The van der Waals surface area contributed by atoms with Crippen LogP contribution in [-0.2, 0) is 0 Å². The first kappa shape index (κ1) is 14.1. The van der Waals surface area contributed by atoms with E-state index in [-0.39, 0.29) is 24.5 Å². The van der Waals surface area contributed by atoms with Crippen LogP contribution in [-0.4, -0.2) is 28.6 Å². The molecule has 2 atom stereocenters. The first-order valence-corrected chi connectivity index (χ1v) is 7.77. The molecule has 1 aliphatic rings. The maximum Gasteiger partial charge on any atom is 0.252 e. The molecule has 0 saturated heterocycles. The van der Waals surface area contributed by atoms with E-state index in [0.29, 0.717) is 5.56 Å². The van der Waals surface area contributed by atoms with Crippen LogP contribution in [0.4, 0.5) is 0 Å². The van der Waals surface area contributed by atoms with Gasteiger partial charge in [0.2, 0.25) is 0 Å². The Hall–Kier alpha value is -1.81. The number of hydrogen-bond acceptors (Lipinski definition) is 2. The number of fused-ring (bicyclic) bond motifs is 1. The van der Waals surface area contributed by atoms with Gasteiger partial charge in [0.15, 0.2) is 0 Å². The topological polar surface area (TPSA) is 65.1 Å². The van der Waals surface area contributed by atoms with Crippen LogP contribution in [0.3, 0.4) is 0 Å². The highest BCUT2D eigenvalue weighted by Gasteiger charge is 2.25. The van der Waals surface area contributed by atoms with Crippen LogP contribution in [0.1, 0.15) is 42.5 Å². The lowest BCUT2D eigenvalue weighted by molar-refractivity contribution is 0.0901. The Balaban J connectivity index is 1.80. The van der Waals surface area contributed by atoms with E-state index in [4.69, 9.17) is 0 Å². The quantitative estimate of drug-likeness (QED) is 0.760. The van der Waals surface area contributed by atoms with Crippen LogP contribution in [0.5, 0.6) is 0 Å². The number of aromatic nitrogens is 1. The van der Waals surface area contributed by atoms with E-state index < -0.39 is 0 Å². The highest BCUT2D eigenvalue weighted by atomic mass is 16.3. The molecule has 112 valence electrons. The zero-order valence-corrected chi connectivity index (χ0v) is 12.1. The van der Waals surface area contributed by atoms with E-state index in [1.54, 1.807) is 0 Å². The predicted molar refractivity (Wildman–Crippen MR) is 83.2 cm³/mol. The largest absolute Gasteiger partial charge is 0.396 e. The number of H-pyrrole nitrogens is 1. The minimum Gasteiger partial charge on any atom is -0.396 e. The molecule has 1 saturated carbocycles. The SMILES string of the molecule is O=C(NC1CCCCCC1CO)c1cccc2[nH]ccc12. The van der Waals surface area contributed by atoms with Gasteiger partial charge in [0.1, 0.15) is 0 Å². The standard InChI is InChI=1S/C17H22N2O2/c20-11-12-5-2-1-3-7-15(12)19-17(21)14-6-4-8-16-13(14)9-10-18-16/h4,6,8-10,12,15,18,20H,1-3,5,7,11H2,(H,19,21). The molecule has 0 bridgehead atoms. The smallest absolute Gasteiger partial charge is 0.252 e. The Bertz CT molecular complexity index is 620. The fourth-order valence-corrected chi connectivity index (χ4v) is 3.32. The molecular weight excluding hydrogens is 264 g/mol. The molecule has 2 aromatic rings. The number of hydrogen-bond donors (Lipinski definition) is 3. The van der Waals surface area contributed by atoms with Gasteiger partial charge in [0.25, 0.3) is 5.91 Å². The summed E-state index contributed by atoms with van der Waals surface area (Å²) >= 11 is 0. The molecule has 1 aromatic heterocycles. The third kappa shape index (κ3) is 2.95. The van der Waals surface area contributed by atoms with Gasteiger partial charge >= 0.3 is 0 Å². The molecule has 3 rings (SSSR count). The van der Waals surface area contributed by atoms with E-state index in [1.807, 2.05) is 30.5 Å². The molecule has 1 heterocycles. The second-order valence-electron chi connectivity index (χ2n) is 5.91. The summed E-state index contributed by atoms with van der Waals surface area (Å²) in [5.74, 6) is 0.146. The molecule has 4 nitrogen and oxygen atoms in total. The number of nitrogens with one attached hydrogen (secondary N) is 2. The second kappa shape index (κ2) is 6.31. The summed E-state index contributed by atoms with van der Waals surface area (Å²) in [5.41, 5.74) is 1.68. The molecule has 0 aliphatic heterocycles. The monoisotopic (exact) mass is 286 g/mol. The summed E-state index contributed by atoms with van der Waals surface area (Å²) in [6.45, 7) is 0.152. The van der Waals surface area contributed by atoms with Crippen molar-refractivity contribution in [1.29, 1.82) is 0 Å². The lowest BCUT2D eigenvalue weighted by Crippen LogP contribution is -2.41. The Morgan fingerprint density at radius 2 is 2.10 bits per heavy atom. The highest BCUT2D eigenvalue weighted by molar-refractivity contribution is 6.06. The number of amides is 1. The average molecular weight is 286 g/mol. The van der Waals surface area contributed by atoms with Crippen LogP contribution < -0.4 is 5.32 Å². The first-order valence-electron chi connectivity index (χ1n) is 7.77. The number of aliphatic hydroxyl groups excluding tert-OH is 1. The van der Waals surface area contributed by atoms with Crippen molar-refractivity contribution in [3.63, 3.8) is 0 Å². The summed E-state index contributed by atoms with van der Waals surface area (Å²) in [4.78, 5) is 15.7. The maximum atomic E-state index is 12.6. The average Bonchev–Trinajstić information content (AvgIpc) is 2.87. The van der Waals surface area contributed by atoms with Crippen molar-refractivity contribution in [2.45, 2.75) is 38.1 Å². The van der Waals surface area contributed by atoms with Gasteiger partial charge in [-0.15, -0.1) is 0 Å². The van der Waals surface area contributed by atoms with E-state index in [1.165, 1.54) is 6.42 Å². The summed E-state index contributed by atoms with van der Waals surface area (Å²) in [7, 11) is 0. The minimum absolute atomic E-state index is 0.0365. The van der Waals surface area contributed by atoms with E-state index >= 15 is 0 Å². The Kier molecular flexibility index (Phi) is 4.25. The van der Waals surface area contributed by atoms with Crippen molar-refractivity contribution in [2.24, 2.45) is 5.92 Å². The van der Waals surface area contributed by atoms with Gasteiger partial charge in [0.05, 0.1) is 0 Å². The van der Waals surface area contributed by atoms with Gasteiger partial charge in [-0.1, -0.05) is 25.3 Å². The van der Waals surface area contributed by atoms with Gasteiger partial charge in [-0.25, -0.2) is 0 Å². The molecule has 4 heteroatoms. The molecule has 21 heavy (non-hydrogen) atoms. The number of aliphatic hydroxyl groups is 1. The molecule has 3 N–H and O–H groups in total. The van der Waals surface area contributed by atoms with Crippen molar-refractivity contribution in [3.05, 3.63) is 36.0 Å². The zero-order chi connectivity index (χ0) is 14.7. The van der Waals surface area contributed by atoms with Crippen LogP contribution in [0.25, 0.3) is 10.9 Å².